The topological polar surface area (TPSA) is 59.1 Å². The first kappa shape index (κ1) is 18.6. The molecule has 0 unspecified atom stereocenters. The Morgan fingerprint density at radius 1 is 0.926 bits per heavy atom. The number of ether oxygens (including phenoxy) is 1. The summed E-state index contributed by atoms with van der Waals surface area (Å²) in [6.07, 6.45) is 3.33. The Labute approximate surface area is 158 Å². The van der Waals surface area contributed by atoms with Crippen molar-refractivity contribution in [1.29, 1.82) is 0 Å². The van der Waals surface area contributed by atoms with Crippen LogP contribution in [-0.2, 0) is 12.8 Å². The van der Waals surface area contributed by atoms with E-state index in [1.165, 1.54) is 12.1 Å². The Morgan fingerprint density at radius 2 is 1.70 bits per heavy atom. The van der Waals surface area contributed by atoms with Gasteiger partial charge in [-0.1, -0.05) is 30.3 Å². The average Bonchev–Trinajstić information content (AvgIpc) is 2.70. The van der Waals surface area contributed by atoms with Crippen LogP contribution in [0.2, 0.25) is 0 Å². The third kappa shape index (κ3) is 5.67. The van der Waals surface area contributed by atoms with Gasteiger partial charge in [-0.05, 0) is 48.2 Å². The second-order valence-electron chi connectivity index (χ2n) is 6.06. The summed E-state index contributed by atoms with van der Waals surface area (Å²) < 4.78 is 18.3. The largest absolute Gasteiger partial charge is 0.496 e. The molecule has 0 amide bonds. The predicted octanol–water partition coefficient (Wildman–Crippen LogP) is 3.93. The van der Waals surface area contributed by atoms with Crippen molar-refractivity contribution in [3.63, 3.8) is 0 Å². The van der Waals surface area contributed by atoms with Crippen molar-refractivity contribution in [2.45, 2.75) is 12.8 Å². The zero-order valence-corrected chi connectivity index (χ0v) is 15.3. The maximum absolute atomic E-state index is 12.9. The van der Waals surface area contributed by atoms with E-state index < -0.39 is 0 Å². The lowest BCUT2D eigenvalue weighted by Crippen LogP contribution is -2.11. The maximum Gasteiger partial charge on any atom is 0.224 e. The van der Waals surface area contributed by atoms with Crippen LogP contribution in [-0.4, -0.2) is 30.2 Å². The summed E-state index contributed by atoms with van der Waals surface area (Å²) in [5.41, 5.74) is 2.22. The van der Waals surface area contributed by atoms with Crippen molar-refractivity contribution in [2.75, 3.05) is 30.8 Å². The monoisotopic (exact) mass is 366 g/mol. The second-order valence-corrected chi connectivity index (χ2v) is 6.06. The SMILES string of the molecule is COc1ccccc1CCNc1nccc(NCCc2ccc(F)cc2)n1. The lowest BCUT2D eigenvalue weighted by atomic mass is 10.1. The number of para-hydroxylation sites is 1. The van der Waals surface area contributed by atoms with Gasteiger partial charge < -0.3 is 15.4 Å². The number of hydrogen-bond donors (Lipinski definition) is 2. The minimum Gasteiger partial charge on any atom is -0.496 e. The molecule has 27 heavy (non-hydrogen) atoms. The van der Waals surface area contributed by atoms with Gasteiger partial charge in [0.2, 0.25) is 5.95 Å². The van der Waals surface area contributed by atoms with E-state index in [1.54, 1.807) is 25.4 Å². The van der Waals surface area contributed by atoms with Gasteiger partial charge in [0.15, 0.2) is 0 Å². The predicted molar refractivity (Wildman–Crippen MR) is 106 cm³/mol. The summed E-state index contributed by atoms with van der Waals surface area (Å²) in [5.74, 6) is 2.01. The third-order valence-corrected chi connectivity index (χ3v) is 4.16. The highest BCUT2D eigenvalue weighted by atomic mass is 19.1. The van der Waals surface area contributed by atoms with Crippen molar-refractivity contribution in [1.82, 2.24) is 9.97 Å². The number of nitrogens with one attached hydrogen (secondary N) is 2. The van der Waals surface area contributed by atoms with Crippen LogP contribution in [0.5, 0.6) is 5.75 Å². The lowest BCUT2D eigenvalue weighted by Gasteiger charge is -2.10. The summed E-state index contributed by atoms with van der Waals surface area (Å²) in [7, 11) is 1.68. The molecule has 3 aromatic rings. The molecule has 0 saturated carbocycles. The quantitative estimate of drug-likeness (QED) is 0.601. The second kappa shape index (κ2) is 9.52. The molecular formula is C21H23FN4O. The number of benzene rings is 2. The molecule has 5 nitrogen and oxygen atoms in total. The molecule has 0 atom stereocenters. The van der Waals surface area contributed by atoms with E-state index in [9.17, 15) is 4.39 Å². The fourth-order valence-electron chi connectivity index (χ4n) is 2.75. The van der Waals surface area contributed by atoms with Crippen LogP contribution in [0.3, 0.4) is 0 Å². The highest BCUT2D eigenvalue weighted by Gasteiger charge is 2.03. The number of aromatic nitrogens is 2. The number of methoxy groups -OCH3 is 1. The molecule has 140 valence electrons. The Morgan fingerprint density at radius 3 is 2.52 bits per heavy atom. The van der Waals surface area contributed by atoms with Gasteiger partial charge in [0.1, 0.15) is 17.4 Å². The van der Waals surface area contributed by atoms with Gasteiger partial charge in [-0.3, -0.25) is 0 Å². The van der Waals surface area contributed by atoms with E-state index >= 15 is 0 Å². The van der Waals surface area contributed by atoms with Crippen LogP contribution >= 0.6 is 0 Å². The molecule has 2 aromatic carbocycles. The van der Waals surface area contributed by atoms with Gasteiger partial charge in [0, 0.05) is 19.3 Å². The first-order valence-corrected chi connectivity index (χ1v) is 8.92. The molecule has 0 aliphatic rings. The van der Waals surface area contributed by atoms with Gasteiger partial charge in [-0.2, -0.15) is 4.98 Å². The fourth-order valence-corrected chi connectivity index (χ4v) is 2.75. The highest BCUT2D eigenvalue weighted by molar-refractivity contribution is 5.40. The molecule has 2 N–H and O–H groups in total. The van der Waals surface area contributed by atoms with E-state index in [4.69, 9.17) is 4.74 Å². The van der Waals surface area contributed by atoms with Crippen LogP contribution < -0.4 is 15.4 Å². The zero-order chi connectivity index (χ0) is 18.9. The molecule has 1 aromatic heterocycles. The summed E-state index contributed by atoms with van der Waals surface area (Å²) in [5, 5.41) is 6.51. The Hall–Kier alpha value is -3.15. The first-order chi connectivity index (χ1) is 13.2. The summed E-state index contributed by atoms with van der Waals surface area (Å²) in [4.78, 5) is 8.72. The van der Waals surface area contributed by atoms with Crippen LogP contribution in [0.25, 0.3) is 0 Å². The highest BCUT2D eigenvalue weighted by Crippen LogP contribution is 2.17. The average molecular weight is 366 g/mol. The molecule has 0 radical (unpaired) electrons. The van der Waals surface area contributed by atoms with E-state index in [1.807, 2.05) is 24.3 Å². The Bertz CT molecular complexity index is 855. The fraction of sp³-hybridized carbons (Fsp3) is 0.238. The van der Waals surface area contributed by atoms with E-state index in [0.717, 1.165) is 35.5 Å². The lowest BCUT2D eigenvalue weighted by molar-refractivity contribution is 0.410. The van der Waals surface area contributed by atoms with Crippen LogP contribution in [0.1, 0.15) is 11.1 Å². The molecule has 0 aliphatic heterocycles. The Kier molecular flexibility index (Phi) is 6.57. The number of anilines is 2. The van der Waals surface area contributed by atoms with E-state index in [-0.39, 0.29) is 5.82 Å². The van der Waals surface area contributed by atoms with Crippen molar-refractivity contribution < 1.29 is 9.13 Å². The van der Waals surface area contributed by atoms with Crippen LogP contribution in [0.4, 0.5) is 16.2 Å². The molecule has 0 spiro atoms. The standard InChI is InChI=1S/C21H23FN4O/c1-27-19-5-3-2-4-17(19)11-14-24-21-25-15-12-20(26-21)23-13-10-16-6-8-18(22)9-7-16/h2-9,12,15H,10-11,13-14H2,1H3,(H2,23,24,25,26). The zero-order valence-electron chi connectivity index (χ0n) is 15.3. The number of hydrogen-bond acceptors (Lipinski definition) is 5. The Balaban J connectivity index is 1.47. The van der Waals surface area contributed by atoms with Gasteiger partial charge in [-0.15, -0.1) is 0 Å². The summed E-state index contributed by atoms with van der Waals surface area (Å²) in [6, 6.07) is 16.3. The molecular weight excluding hydrogens is 343 g/mol. The minimum atomic E-state index is -0.216. The third-order valence-electron chi connectivity index (χ3n) is 4.16. The van der Waals surface area contributed by atoms with Gasteiger partial charge in [0.25, 0.3) is 0 Å². The molecule has 0 saturated heterocycles. The number of halogens is 1. The molecule has 0 bridgehead atoms. The summed E-state index contributed by atoms with van der Waals surface area (Å²) >= 11 is 0. The molecule has 0 fully saturated rings. The van der Waals surface area contributed by atoms with Crippen LogP contribution in [0.15, 0.2) is 60.8 Å². The van der Waals surface area contributed by atoms with Crippen molar-refractivity contribution in [2.24, 2.45) is 0 Å². The van der Waals surface area contributed by atoms with Crippen molar-refractivity contribution in [3.8, 4) is 5.75 Å². The van der Waals surface area contributed by atoms with Crippen LogP contribution in [0, 0.1) is 5.82 Å². The van der Waals surface area contributed by atoms with Gasteiger partial charge in [0.05, 0.1) is 7.11 Å². The van der Waals surface area contributed by atoms with Crippen molar-refractivity contribution in [3.05, 3.63) is 77.7 Å². The molecule has 3 rings (SSSR count). The first-order valence-electron chi connectivity index (χ1n) is 8.92. The van der Waals surface area contributed by atoms with Gasteiger partial charge in [-0.25, -0.2) is 9.37 Å². The van der Waals surface area contributed by atoms with E-state index in [2.05, 4.69) is 26.7 Å². The maximum atomic E-state index is 12.9. The molecule has 0 aliphatic carbocycles. The normalized spacial score (nSPS) is 10.4. The smallest absolute Gasteiger partial charge is 0.224 e. The molecule has 1 heterocycles. The van der Waals surface area contributed by atoms with Gasteiger partial charge >= 0.3 is 0 Å². The molecule has 6 heteroatoms. The number of nitrogens with zero attached hydrogens (tertiary/aromatic N) is 2. The van der Waals surface area contributed by atoms with Crippen molar-refractivity contribution >= 4 is 11.8 Å². The minimum absolute atomic E-state index is 0.216. The number of rotatable bonds is 9. The van der Waals surface area contributed by atoms with E-state index in [0.29, 0.717) is 19.0 Å². The summed E-state index contributed by atoms with van der Waals surface area (Å²) in [6.45, 7) is 1.42.